The highest BCUT2D eigenvalue weighted by Gasteiger charge is 2.00. The molecule has 2 rings (SSSR count). The van der Waals surface area contributed by atoms with Crippen LogP contribution in [-0.2, 0) is 4.79 Å². The number of benzene rings is 1. The van der Waals surface area contributed by atoms with E-state index in [0.717, 1.165) is 6.08 Å². The Kier molecular flexibility index (Phi) is 3.43. The number of aliphatic carboxylic acids is 1. The third kappa shape index (κ3) is 2.98. The quantitative estimate of drug-likeness (QED) is 0.842. The second-order valence-electron chi connectivity index (χ2n) is 3.52. The fourth-order valence-electron chi connectivity index (χ4n) is 1.34. The predicted octanol–water partition coefficient (Wildman–Crippen LogP) is 2.38. The van der Waals surface area contributed by atoms with Crippen molar-refractivity contribution in [2.24, 2.45) is 0 Å². The molecule has 1 aromatic heterocycles. The number of hydrogen-bond acceptors (Lipinski definition) is 3. The van der Waals surface area contributed by atoms with Gasteiger partial charge in [0.05, 0.1) is 0 Å². The van der Waals surface area contributed by atoms with Gasteiger partial charge in [0.15, 0.2) is 5.82 Å². The van der Waals surface area contributed by atoms with Gasteiger partial charge in [-0.25, -0.2) is 19.2 Å². The molecule has 0 spiro atoms. The van der Waals surface area contributed by atoms with E-state index in [1.807, 2.05) is 0 Å². The maximum absolute atomic E-state index is 12.7. The van der Waals surface area contributed by atoms with Gasteiger partial charge in [0, 0.05) is 29.6 Å². The van der Waals surface area contributed by atoms with Gasteiger partial charge in [-0.15, -0.1) is 0 Å². The molecule has 0 saturated carbocycles. The molecule has 0 atom stereocenters. The van der Waals surface area contributed by atoms with Crippen molar-refractivity contribution in [2.45, 2.75) is 0 Å². The second-order valence-corrected chi connectivity index (χ2v) is 3.52. The van der Waals surface area contributed by atoms with E-state index in [9.17, 15) is 9.18 Å². The van der Waals surface area contributed by atoms with Gasteiger partial charge in [-0.2, -0.15) is 0 Å². The Morgan fingerprint density at radius 2 is 1.78 bits per heavy atom. The molecule has 1 aromatic carbocycles. The van der Waals surface area contributed by atoms with E-state index < -0.39 is 5.97 Å². The lowest BCUT2D eigenvalue weighted by molar-refractivity contribution is -0.131. The summed E-state index contributed by atoms with van der Waals surface area (Å²) in [4.78, 5) is 18.5. The van der Waals surface area contributed by atoms with Gasteiger partial charge in [0.2, 0.25) is 0 Å². The largest absolute Gasteiger partial charge is 0.478 e. The standard InChI is InChI=1S/C13H9FN2O2/c14-11-4-2-10(3-5-11)13-15-7-9(8-16-13)1-6-12(17)18/h1-8H,(H,17,18)/b6-1+. The van der Waals surface area contributed by atoms with E-state index in [4.69, 9.17) is 5.11 Å². The summed E-state index contributed by atoms with van der Waals surface area (Å²) in [6.45, 7) is 0. The van der Waals surface area contributed by atoms with Crippen LogP contribution in [0.2, 0.25) is 0 Å². The van der Waals surface area contributed by atoms with Crippen LogP contribution in [0.4, 0.5) is 4.39 Å². The van der Waals surface area contributed by atoms with Crippen LogP contribution in [0.1, 0.15) is 5.56 Å². The normalized spacial score (nSPS) is 10.7. The number of carbonyl (C=O) groups is 1. The first-order valence-electron chi connectivity index (χ1n) is 5.14. The molecule has 0 bridgehead atoms. The lowest BCUT2D eigenvalue weighted by atomic mass is 10.2. The van der Waals surface area contributed by atoms with E-state index in [2.05, 4.69) is 9.97 Å². The van der Waals surface area contributed by atoms with Crippen molar-refractivity contribution in [2.75, 3.05) is 0 Å². The smallest absolute Gasteiger partial charge is 0.328 e. The fraction of sp³-hybridized carbons (Fsp3) is 0. The molecule has 1 heterocycles. The van der Waals surface area contributed by atoms with Crippen LogP contribution >= 0.6 is 0 Å². The van der Waals surface area contributed by atoms with Crippen LogP contribution in [-0.4, -0.2) is 21.0 Å². The fourth-order valence-corrected chi connectivity index (χ4v) is 1.34. The topological polar surface area (TPSA) is 63.1 Å². The Balaban J connectivity index is 2.22. The molecule has 0 aliphatic heterocycles. The molecule has 0 radical (unpaired) electrons. The Hall–Kier alpha value is -2.56. The molecule has 2 aromatic rings. The summed E-state index contributed by atoms with van der Waals surface area (Å²) in [6, 6.07) is 5.82. The van der Waals surface area contributed by atoms with E-state index in [0.29, 0.717) is 17.0 Å². The lowest BCUT2D eigenvalue weighted by Crippen LogP contribution is -1.90. The average molecular weight is 244 g/mol. The van der Waals surface area contributed by atoms with Crippen molar-refractivity contribution < 1.29 is 14.3 Å². The van der Waals surface area contributed by atoms with E-state index in [1.165, 1.54) is 30.6 Å². The minimum absolute atomic E-state index is 0.320. The van der Waals surface area contributed by atoms with Crippen molar-refractivity contribution in [3.63, 3.8) is 0 Å². The molecule has 0 unspecified atom stereocenters. The van der Waals surface area contributed by atoms with Crippen molar-refractivity contribution in [1.29, 1.82) is 0 Å². The summed E-state index contributed by atoms with van der Waals surface area (Å²) >= 11 is 0. The highest BCUT2D eigenvalue weighted by atomic mass is 19.1. The first-order chi connectivity index (χ1) is 8.65. The first kappa shape index (κ1) is 11.9. The summed E-state index contributed by atoms with van der Waals surface area (Å²) < 4.78 is 12.7. The summed E-state index contributed by atoms with van der Waals surface area (Å²) in [5.74, 6) is -0.889. The lowest BCUT2D eigenvalue weighted by Gasteiger charge is -1.99. The van der Waals surface area contributed by atoms with Crippen molar-refractivity contribution in [1.82, 2.24) is 9.97 Å². The Morgan fingerprint density at radius 3 is 2.33 bits per heavy atom. The molecule has 1 N–H and O–H groups in total. The molecular formula is C13H9FN2O2. The van der Waals surface area contributed by atoms with Gasteiger partial charge < -0.3 is 5.11 Å². The van der Waals surface area contributed by atoms with Gasteiger partial charge in [0.25, 0.3) is 0 Å². The summed E-state index contributed by atoms with van der Waals surface area (Å²) in [6.07, 6.45) is 5.42. The molecule has 0 fully saturated rings. The number of rotatable bonds is 3. The molecular weight excluding hydrogens is 235 g/mol. The molecule has 90 valence electrons. The van der Waals surface area contributed by atoms with Crippen LogP contribution < -0.4 is 0 Å². The van der Waals surface area contributed by atoms with Crippen LogP contribution in [0.3, 0.4) is 0 Å². The first-order valence-corrected chi connectivity index (χ1v) is 5.14. The highest BCUT2D eigenvalue weighted by molar-refractivity contribution is 5.85. The third-order valence-electron chi connectivity index (χ3n) is 2.19. The SMILES string of the molecule is O=C(O)/C=C/c1cnc(-c2ccc(F)cc2)nc1. The van der Waals surface area contributed by atoms with Crippen LogP contribution in [0, 0.1) is 5.82 Å². The van der Waals surface area contributed by atoms with Crippen molar-refractivity contribution >= 4 is 12.0 Å². The van der Waals surface area contributed by atoms with Gasteiger partial charge >= 0.3 is 5.97 Å². The molecule has 0 aliphatic carbocycles. The Bertz CT molecular complexity index is 577. The zero-order valence-electron chi connectivity index (χ0n) is 9.25. The second kappa shape index (κ2) is 5.18. The van der Waals surface area contributed by atoms with Crippen LogP contribution in [0.15, 0.2) is 42.7 Å². The van der Waals surface area contributed by atoms with Gasteiger partial charge in [0.1, 0.15) is 5.82 Å². The maximum Gasteiger partial charge on any atom is 0.328 e. The highest BCUT2D eigenvalue weighted by Crippen LogP contribution is 2.14. The van der Waals surface area contributed by atoms with Crippen LogP contribution in [0.25, 0.3) is 17.5 Å². The third-order valence-corrected chi connectivity index (χ3v) is 2.19. The number of nitrogens with zero attached hydrogens (tertiary/aromatic N) is 2. The molecule has 0 saturated heterocycles. The number of aromatic nitrogens is 2. The number of carboxylic acid groups (broad SMARTS) is 1. The summed E-state index contributed by atoms with van der Waals surface area (Å²) in [7, 11) is 0. The summed E-state index contributed by atoms with van der Waals surface area (Å²) in [5, 5.41) is 8.47. The number of hydrogen-bond donors (Lipinski definition) is 1. The molecule has 4 nitrogen and oxygen atoms in total. The maximum atomic E-state index is 12.7. The van der Waals surface area contributed by atoms with E-state index >= 15 is 0 Å². The summed E-state index contributed by atoms with van der Waals surface area (Å²) in [5.41, 5.74) is 1.29. The number of halogens is 1. The minimum Gasteiger partial charge on any atom is -0.478 e. The van der Waals surface area contributed by atoms with Gasteiger partial charge in [-0.1, -0.05) is 0 Å². The number of carboxylic acids is 1. The van der Waals surface area contributed by atoms with Crippen molar-refractivity contribution in [3.05, 3.63) is 54.1 Å². The molecule has 0 aliphatic rings. The monoisotopic (exact) mass is 244 g/mol. The molecule has 18 heavy (non-hydrogen) atoms. The predicted molar refractivity (Wildman–Crippen MR) is 64.1 cm³/mol. The zero-order chi connectivity index (χ0) is 13.0. The van der Waals surface area contributed by atoms with Crippen molar-refractivity contribution in [3.8, 4) is 11.4 Å². The van der Waals surface area contributed by atoms with Gasteiger partial charge in [-0.3, -0.25) is 0 Å². The molecule has 0 amide bonds. The van der Waals surface area contributed by atoms with E-state index in [1.54, 1.807) is 12.1 Å². The van der Waals surface area contributed by atoms with Crippen LogP contribution in [0.5, 0.6) is 0 Å². The zero-order valence-corrected chi connectivity index (χ0v) is 9.25. The van der Waals surface area contributed by atoms with Gasteiger partial charge in [-0.05, 0) is 30.3 Å². The molecule has 5 heteroatoms. The minimum atomic E-state index is -1.03. The average Bonchev–Trinajstić information content (AvgIpc) is 2.38. The Morgan fingerprint density at radius 1 is 1.17 bits per heavy atom. The Labute approximate surface area is 102 Å². The van der Waals surface area contributed by atoms with E-state index in [-0.39, 0.29) is 5.82 Å².